The molecule has 4 aromatic rings. The van der Waals surface area contributed by atoms with Gasteiger partial charge in [0.1, 0.15) is 17.7 Å². The Morgan fingerprint density at radius 3 is 1.71 bits per heavy atom. The summed E-state index contributed by atoms with van der Waals surface area (Å²) in [4.78, 5) is 51.9. The van der Waals surface area contributed by atoms with E-state index >= 15 is 0 Å². The van der Waals surface area contributed by atoms with Crippen LogP contribution in [0.25, 0.3) is 22.5 Å². The zero-order valence-corrected chi connectivity index (χ0v) is 28.3. The summed E-state index contributed by atoms with van der Waals surface area (Å²) in [5.41, 5.74) is 5.10. The minimum atomic E-state index is -1.21. The zero-order chi connectivity index (χ0) is 35.5. The molecule has 4 unspecified atom stereocenters. The molecule has 3 amide bonds. The van der Waals surface area contributed by atoms with Crippen molar-refractivity contribution >= 4 is 17.9 Å². The van der Waals surface area contributed by atoms with Crippen LogP contribution in [0.15, 0.2) is 60.9 Å². The maximum absolute atomic E-state index is 12.8. The highest BCUT2D eigenvalue weighted by Gasteiger charge is 2.26. The summed E-state index contributed by atoms with van der Waals surface area (Å²) in [6, 6.07) is 14.0. The van der Waals surface area contributed by atoms with Crippen LogP contribution in [0.5, 0.6) is 0 Å². The van der Waals surface area contributed by atoms with Gasteiger partial charge in [-0.05, 0) is 55.2 Å². The number of hydrogen-bond donors (Lipinski definition) is 7. The average Bonchev–Trinajstić information content (AvgIpc) is 3.80. The van der Waals surface area contributed by atoms with Crippen LogP contribution in [0, 0.1) is 17.8 Å². The monoisotopic (exact) mass is 670 g/mol. The van der Waals surface area contributed by atoms with Crippen molar-refractivity contribution in [1.29, 1.82) is 0 Å². The first-order chi connectivity index (χ1) is 23.5. The third kappa shape index (κ3) is 10.2. The van der Waals surface area contributed by atoms with Crippen LogP contribution < -0.4 is 21.3 Å². The molecule has 0 bridgehead atoms. The number of amides is 3. The van der Waals surface area contributed by atoms with Gasteiger partial charge in [0.25, 0.3) is 0 Å². The first-order valence-corrected chi connectivity index (χ1v) is 15.7. The summed E-state index contributed by atoms with van der Waals surface area (Å²) in [7, 11) is 2.58. The summed E-state index contributed by atoms with van der Waals surface area (Å²) < 4.78 is 9.29. The number of methoxy groups -OCH3 is 2. The predicted octanol–water partition coefficient (Wildman–Crippen LogP) is 3.11. The molecule has 49 heavy (non-hydrogen) atoms. The Kier molecular flexibility index (Phi) is 12.7. The molecular weight excluding hydrogens is 628 g/mol. The second-order valence-corrected chi connectivity index (χ2v) is 11.6. The number of carbonyl (C=O) groups is 3. The smallest absolute Gasteiger partial charge is 0.407 e. The number of carbonyl (C=O) groups excluding carboxylic acids is 3. The van der Waals surface area contributed by atoms with Crippen molar-refractivity contribution in [3.63, 3.8) is 0 Å². The molecule has 14 nitrogen and oxygen atoms in total. The molecule has 14 heteroatoms. The van der Waals surface area contributed by atoms with Crippen LogP contribution in [0.1, 0.15) is 62.6 Å². The van der Waals surface area contributed by atoms with Crippen LogP contribution in [-0.4, -0.2) is 76.2 Å². The SMILES string of the molecule is COC(=O)NC(C(=O)NC(C)c1ncc(-c2ccc(C#Cc3ccc(-c4cnc(C(C)NC(=O)CNC(O)OC)[nH]4)cc3)cc2)[nH]1)C(C)C. The van der Waals surface area contributed by atoms with Gasteiger partial charge >= 0.3 is 6.09 Å². The summed E-state index contributed by atoms with van der Waals surface area (Å²) in [6.07, 6.45) is 1.54. The summed E-state index contributed by atoms with van der Waals surface area (Å²) in [5.74, 6) is 6.77. The van der Waals surface area contributed by atoms with E-state index in [1.807, 2.05) is 76.2 Å². The largest absolute Gasteiger partial charge is 0.453 e. The molecule has 2 heterocycles. The summed E-state index contributed by atoms with van der Waals surface area (Å²) in [5, 5.41) is 20.2. The standard InChI is InChI=1S/C35H42N8O6/c1-20(2)30(43-35(47)49-6)33(45)40-22(4)32-37-18-28(42-32)26-15-11-24(12-16-26)8-7-23-9-13-25(14-10-23)27-17-36-31(41-27)21(3)39-29(44)19-38-34(46)48-5/h9-18,20-22,30,34,38,46H,19H2,1-6H3,(H,36,41)(H,37,42)(H,39,44)(H,40,45)(H,43,47). The molecule has 4 rings (SSSR count). The molecule has 7 N–H and O–H groups in total. The molecule has 0 radical (unpaired) electrons. The topological polar surface area (TPSA) is 195 Å². The lowest BCUT2D eigenvalue weighted by atomic mass is 10.0. The van der Waals surface area contributed by atoms with E-state index in [0.29, 0.717) is 11.6 Å². The second kappa shape index (κ2) is 17.1. The van der Waals surface area contributed by atoms with Crippen molar-refractivity contribution in [3.05, 3.63) is 83.7 Å². The highest BCUT2D eigenvalue weighted by atomic mass is 16.6. The van der Waals surface area contributed by atoms with Gasteiger partial charge in [-0.1, -0.05) is 50.0 Å². The molecule has 2 aromatic carbocycles. The molecule has 258 valence electrons. The van der Waals surface area contributed by atoms with Crippen molar-refractivity contribution in [2.75, 3.05) is 20.8 Å². The van der Waals surface area contributed by atoms with E-state index in [1.54, 1.807) is 12.4 Å². The number of hydrogen-bond acceptors (Lipinski definition) is 9. The first-order valence-electron chi connectivity index (χ1n) is 15.7. The fourth-order valence-electron chi connectivity index (χ4n) is 4.73. The lowest BCUT2D eigenvalue weighted by Crippen LogP contribution is -2.50. The van der Waals surface area contributed by atoms with Gasteiger partial charge in [0.05, 0.1) is 49.5 Å². The number of H-pyrrole nitrogens is 2. The number of nitrogens with one attached hydrogen (secondary N) is 6. The van der Waals surface area contributed by atoms with Gasteiger partial charge in [-0.3, -0.25) is 14.9 Å². The number of alkyl carbamates (subject to hydrolysis) is 1. The molecule has 0 saturated carbocycles. The van der Waals surface area contributed by atoms with Crippen molar-refractivity contribution in [2.45, 2.75) is 52.2 Å². The lowest BCUT2D eigenvalue weighted by Gasteiger charge is -2.22. The second-order valence-electron chi connectivity index (χ2n) is 11.6. The molecule has 0 saturated heterocycles. The number of rotatable bonds is 13. The van der Waals surface area contributed by atoms with Crippen LogP contribution >= 0.6 is 0 Å². The van der Waals surface area contributed by atoms with Gasteiger partial charge in [0, 0.05) is 18.2 Å². The third-order valence-corrected chi connectivity index (χ3v) is 7.56. The van der Waals surface area contributed by atoms with Crippen LogP contribution in [-0.2, 0) is 19.1 Å². The number of ether oxygens (including phenoxy) is 2. The van der Waals surface area contributed by atoms with Gasteiger partial charge in [0.15, 0.2) is 0 Å². The Hall–Kier alpha value is -5.49. The number of benzene rings is 2. The Labute approximate surface area is 284 Å². The van der Waals surface area contributed by atoms with Crippen molar-refractivity contribution < 1.29 is 29.0 Å². The molecule has 0 aliphatic heterocycles. The zero-order valence-electron chi connectivity index (χ0n) is 28.3. The van der Waals surface area contributed by atoms with Crippen LogP contribution in [0.4, 0.5) is 4.79 Å². The highest BCUT2D eigenvalue weighted by Crippen LogP contribution is 2.22. The Morgan fingerprint density at radius 1 is 0.776 bits per heavy atom. The van der Waals surface area contributed by atoms with Crippen molar-refractivity contribution in [3.8, 4) is 34.4 Å². The van der Waals surface area contributed by atoms with E-state index in [-0.39, 0.29) is 30.3 Å². The minimum absolute atomic E-state index is 0.105. The van der Waals surface area contributed by atoms with Crippen LogP contribution in [0.2, 0.25) is 0 Å². The fraction of sp³-hybridized carbons (Fsp3) is 0.343. The average molecular weight is 671 g/mol. The maximum atomic E-state index is 12.8. The van der Waals surface area contributed by atoms with Gasteiger partial charge < -0.3 is 40.5 Å². The Bertz CT molecular complexity index is 1770. The van der Waals surface area contributed by atoms with Gasteiger partial charge in [-0.15, -0.1) is 0 Å². The molecule has 0 aliphatic rings. The number of nitrogens with zero attached hydrogens (tertiary/aromatic N) is 2. The number of aromatic amines is 2. The van der Waals surface area contributed by atoms with E-state index in [2.05, 4.69) is 62.5 Å². The molecule has 0 fully saturated rings. The van der Waals surface area contributed by atoms with E-state index in [1.165, 1.54) is 14.2 Å². The summed E-state index contributed by atoms with van der Waals surface area (Å²) in [6.45, 7) is 7.20. The van der Waals surface area contributed by atoms with Crippen molar-refractivity contribution in [1.82, 2.24) is 41.2 Å². The minimum Gasteiger partial charge on any atom is -0.453 e. The van der Waals surface area contributed by atoms with E-state index < -0.39 is 24.6 Å². The van der Waals surface area contributed by atoms with Gasteiger partial charge in [-0.25, -0.2) is 14.8 Å². The highest BCUT2D eigenvalue weighted by molar-refractivity contribution is 5.86. The normalized spacial score (nSPS) is 13.4. The van der Waals surface area contributed by atoms with Crippen LogP contribution in [0.3, 0.4) is 0 Å². The predicted molar refractivity (Wildman–Crippen MR) is 182 cm³/mol. The van der Waals surface area contributed by atoms with E-state index in [0.717, 1.165) is 33.6 Å². The van der Waals surface area contributed by atoms with Crippen molar-refractivity contribution in [2.24, 2.45) is 5.92 Å². The van der Waals surface area contributed by atoms with Gasteiger partial charge in [-0.2, -0.15) is 0 Å². The maximum Gasteiger partial charge on any atom is 0.407 e. The molecular formula is C35H42N8O6. The number of aliphatic hydroxyl groups is 1. The van der Waals surface area contributed by atoms with E-state index in [9.17, 15) is 19.5 Å². The molecule has 4 atom stereocenters. The first kappa shape index (κ1) is 36.3. The van der Waals surface area contributed by atoms with E-state index in [4.69, 9.17) is 0 Å². The number of aromatic nitrogens is 4. The Morgan fingerprint density at radius 2 is 1.27 bits per heavy atom. The number of imidazole rings is 2. The summed E-state index contributed by atoms with van der Waals surface area (Å²) >= 11 is 0. The fourth-order valence-corrected chi connectivity index (χ4v) is 4.73. The molecule has 0 spiro atoms. The Balaban J connectivity index is 1.32. The molecule has 0 aliphatic carbocycles. The molecule has 2 aromatic heterocycles. The lowest BCUT2D eigenvalue weighted by molar-refractivity contribution is -0.127. The third-order valence-electron chi connectivity index (χ3n) is 7.56. The van der Waals surface area contributed by atoms with Gasteiger partial charge in [0.2, 0.25) is 18.2 Å². The number of aliphatic hydroxyl groups excluding tert-OH is 1. The quantitative estimate of drug-likeness (QED) is 0.0826.